The van der Waals surface area contributed by atoms with E-state index >= 15 is 0 Å². The van der Waals surface area contributed by atoms with Crippen molar-refractivity contribution in [3.63, 3.8) is 0 Å². The van der Waals surface area contributed by atoms with E-state index in [0.29, 0.717) is 12.4 Å². The Morgan fingerprint density at radius 3 is 2.65 bits per heavy atom. The lowest BCUT2D eigenvalue weighted by Crippen LogP contribution is -1.98. The van der Waals surface area contributed by atoms with E-state index in [0.717, 1.165) is 22.6 Å². The SMILES string of the molecule is CCOc1cccc(-c2ccc(C)o2)c1CO. The molecule has 0 saturated carbocycles. The average molecular weight is 232 g/mol. The van der Waals surface area contributed by atoms with E-state index < -0.39 is 0 Å². The van der Waals surface area contributed by atoms with Gasteiger partial charge in [-0.25, -0.2) is 0 Å². The third kappa shape index (κ3) is 2.34. The van der Waals surface area contributed by atoms with Crippen molar-refractivity contribution in [3.8, 4) is 17.1 Å². The van der Waals surface area contributed by atoms with E-state index in [9.17, 15) is 5.11 Å². The van der Waals surface area contributed by atoms with Gasteiger partial charge in [0.1, 0.15) is 17.3 Å². The molecule has 0 aliphatic rings. The highest BCUT2D eigenvalue weighted by molar-refractivity contribution is 5.65. The van der Waals surface area contributed by atoms with Crippen molar-refractivity contribution in [2.75, 3.05) is 6.61 Å². The van der Waals surface area contributed by atoms with Crippen molar-refractivity contribution in [3.05, 3.63) is 41.7 Å². The topological polar surface area (TPSA) is 42.6 Å². The van der Waals surface area contributed by atoms with Crippen LogP contribution >= 0.6 is 0 Å². The van der Waals surface area contributed by atoms with E-state index in [4.69, 9.17) is 9.15 Å². The number of rotatable bonds is 4. The Hall–Kier alpha value is -1.74. The van der Waals surface area contributed by atoms with Gasteiger partial charge in [0, 0.05) is 11.1 Å². The van der Waals surface area contributed by atoms with Crippen LogP contribution in [0.2, 0.25) is 0 Å². The second-order valence-electron chi connectivity index (χ2n) is 3.78. The van der Waals surface area contributed by atoms with Crippen LogP contribution < -0.4 is 4.74 Å². The van der Waals surface area contributed by atoms with Crippen molar-refractivity contribution < 1.29 is 14.3 Å². The summed E-state index contributed by atoms with van der Waals surface area (Å²) in [6.07, 6.45) is 0. The molecule has 0 aliphatic heterocycles. The Bertz CT molecular complexity index is 500. The number of hydrogen-bond donors (Lipinski definition) is 1. The van der Waals surface area contributed by atoms with Crippen LogP contribution in [0.3, 0.4) is 0 Å². The molecule has 1 aromatic carbocycles. The summed E-state index contributed by atoms with van der Waals surface area (Å²) < 4.78 is 11.1. The Balaban J connectivity index is 2.49. The van der Waals surface area contributed by atoms with E-state index in [1.807, 2.05) is 44.2 Å². The number of aryl methyl sites for hydroxylation is 1. The molecule has 0 unspecified atom stereocenters. The summed E-state index contributed by atoms with van der Waals surface area (Å²) in [6, 6.07) is 9.49. The monoisotopic (exact) mass is 232 g/mol. The molecule has 2 rings (SSSR count). The first-order valence-electron chi connectivity index (χ1n) is 5.68. The predicted molar refractivity (Wildman–Crippen MR) is 66.0 cm³/mol. The molecule has 0 atom stereocenters. The van der Waals surface area contributed by atoms with Gasteiger partial charge >= 0.3 is 0 Å². The number of furan rings is 1. The molecule has 0 radical (unpaired) electrons. The molecule has 0 aliphatic carbocycles. The predicted octanol–water partition coefficient (Wildman–Crippen LogP) is 3.15. The van der Waals surface area contributed by atoms with Gasteiger partial charge in [-0.1, -0.05) is 12.1 Å². The van der Waals surface area contributed by atoms with Crippen LogP contribution in [0.5, 0.6) is 5.75 Å². The lowest BCUT2D eigenvalue weighted by atomic mass is 10.0. The summed E-state index contributed by atoms with van der Waals surface area (Å²) in [7, 11) is 0. The highest BCUT2D eigenvalue weighted by Gasteiger charge is 2.12. The van der Waals surface area contributed by atoms with Crippen molar-refractivity contribution in [2.24, 2.45) is 0 Å². The Kier molecular flexibility index (Phi) is 3.49. The smallest absolute Gasteiger partial charge is 0.134 e. The lowest BCUT2D eigenvalue weighted by Gasteiger charge is -2.11. The van der Waals surface area contributed by atoms with Gasteiger partial charge in [0.05, 0.1) is 13.2 Å². The highest BCUT2D eigenvalue weighted by atomic mass is 16.5. The Labute approximate surface area is 101 Å². The minimum absolute atomic E-state index is 0.0642. The summed E-state index contributed by atoms with van der Waals surface area (Å²) >= 11 is 0. The maximum Gasteiger partial charge on any atom is 0.134 e. The highest BCUT2D eigenvalue weighted by Crippen LogP contribution is 2.31. The number of hydrogen-bond acceptors (Lipinski definition) is 3. The molecule has 1 N–H and O–H groups in total. The standard InChI is InChI=1S/C14H16O3/c1-3-16-13-6-4-5-11(12(13)9-15)14-8-7-10(2)17-14/h4-8,15H,3,9H2,1-2H3. The normalized spacial score (nSPS) is 10.5. The zero-order chi connectivity index (χ0) is 12.3. The Morgan fingerprint density at radius 2 is 2.06 bits per heavy atom. The number of ether oxygens (including phenoxy) is 1. The van der Waals surface area contributed by atoms with Gasteiger partial charge < -0.3 is 14.3 Å². The van der Waals surface area contributed by atoms with Crippen LogP contribution in [0.1, 0.15) is 18.2 Å². The summed E-state index contributed by atoms with van der Waals surface area (Å²) in [5.41, 5.74) is 1.65. The van der Waals surface area contributed by atoms with E-state index in [1.165, 1.54) is 0 Å². The van der Waals surface area contributed by atoms with Gasteiger partial charge in [0.15, 0.2) is 0 Å². The van der Waals surface area contributed by atoms with Crippen LogP contribution in [0.25, 0.3) is 11.3 Å². The van der Waals surface area contributed by atoms with Crippen LogP contribution in [0, 0.1) is 6.92 Å². The zero-order valence-corrected chi connectivity index (χ0v) is 10.1. The van der Waals surface area contributed by atoms with Gasteiger partial charge in [-0.3, -0.25) is 0 Å². The minimum atomic E-state index is -0.0642. The van der Waals surface area contributed by atoms with Crippen molar-refractivity contribution in [1.82, 2.24) is 0 Å². The molecule has 3 nitrogen and oxygen atoms in total. The van der Waals surface area contributed by atoms with Crippen molar-refractivity contribution in [2.45, 2.75) is 20.5 Å². The molecule has 0 bridgehead atoms. The molecule has 17 heavy (non-hydrogen) atoms. The molecular weight excluding hydrogens is 216 g/mol. The molecule has 0 spiro atoms. The Morgan fingerprint density at radius 1 is 1.24 bits per heavy atom. The van der Waals surface area contributed by atoms with Gasteiger partial charge in [-0.05, 0) is 32.0 Å². The second kappa shape index (κ2) is 5.06. The minimum Gasteiger partial charge on any atom is -0.493 e. The number of benzene rings is 1. The number of aliphatic hydroxyl groups is 1. The molecule has 1 heterocycles. The van der Waals surface area contributed by atoms with Crippen LogP contribution in [-0.4, -0.2) is 11.7 Å². The first kappa shape index (κ1) is 11.7. The van der Waals surface area contributed by atoms with Crippen LogP contribution in [-0.2, 0) is 6.61 Å². The molecule has 0 fully saturated rings. The molecule has 0 saturated heterocycles. The van der Waals surface area contributed by atoms with Gasteiger partial charge in [0.25, 0.3) is 0 Å². The molecule has 0 amide bonds. The quantitative estimate of drug-likeness (QED) is 0.880. The summed E-state index contributed by atoms with van der Waals surface area (Å²) in [5, 5.41) is 9.47. The van der Waals surface area contributed by atoms with E-state index in [2.05, 4.69) is 0 Å². The van der Waals surface area contributed by atoms with E-state index in [1.54, 1.807) is 0 Å². The second-order valence-corrected chi connectivity index (χ2v) is 3.78. The summed E-state index contributed by atoms with van der Waals surface area (Å²) in [6.45, 7) is 4.33. The molecule has 3 heteroatoms. The summed E-state index contributed by atoms with van der Waals surface area (Å²) in [5.74, 6) is 2.32. The molecule has 90 valence electrons. The van der Waals surface area contributed by atoms with Crippen LogP contribution in [0.4, 0.5) is 0 Å². The maximum absolute atomic E-state index is 9.47. The third-order valence-electron chi connectivity index (χ3n) is 2.60. The third-order valence-corrected chi connectivity index (χ3v) is 2.60. The fourth-order valence-corrected chi connectivity index (χ4v) is 1.83. The maximum atomic E-state index is 9.47. The van der Waals surface area contributed by atoms with Gasteiger partial charge in [0.2, 0.25) is 0 Å². The largest absolute Gasteiger partial charge is 0.493 e. The zero-order valence-electron chi connectivity index (χ0n) is 10.1. The van der Waals surface area contributed by atoms with Crippen LogP contribution in [0.15, 0.2) is 34.7 Å². The van der Waals surface area contributed by atoms with Gasteiger partial charge in [-0.15, -0.1) is 0 Å². The first-order valence-corrected chi connectivity index (χ1v) is 5.68. The fourth-order valence-electron chi connectivity index (χ4n) is 1.83. The molecular formula is C14H16O3. The van der Waals surface area contributed by atoms with Gasteiger partial charge in [-0.2, -0.15) is 0 Å². The average Bonchev–Trinajstić information content (AvgIpc) is 2.76. The fraction of sp³-hybridized carbons (Fsp3) is 0.286. The lowest BCUT2D eigenvalue weighted by molar-refractivity contribution is 0.267. The molecule has 1 aromatic heterocycles. The first-order chi connectivity index (χ1) is 8.26. The molecule has 2 aromatic rings. The number of aliphatic hydroxyl groups excluding tert-OH is 1. The van der Waals surface area contributed by atoms with Crippen molar-refractivity contribution in [1.29, 1.82) is 0 Å². The van der Waals surface area contributed by atoms with E-state index in [-0.39, 0.29) is 6.61 Å². The van der Waals surface area contributed by atoms with Crippen molar-refractivity contribution >= 4 is 0 Å². The summed E-state index contributed by atoms with van der Waals surface area (Å²) in [4.78, 5) is 0.